The maximum atomic E-state index is 12.3. The van der Waals surface area contributed by atoms with Crippen LogP contribution in [0.3, 0.4) is 0 Å². The second-order valence-electron chi connectivity index (χ2n) is 6.67. The summed E-state index contributed by atoms with van der Waals surface area (Å²) in [5.74, 6) is 0.162. The van der Waals surface area contributed by atoms with Gasteiger partial charge in [-0.05, 0) is 42.0 Å². The first-order valence-electron chi connectivity index (χ1n) is 9.57. The number of furan rings is 1. The topological polar surface area (TPSA) is 138 Å². The van der Waals surface area contributed by atoms with Crippen molar-refractivity contribution in [3.05, 3.63) is 93.9 Å². The number of carbonyl (C=O) groups is 1. The molecule has 0 amide bonds. The van der Waals surface area contributed by atoms with Crippen LogP contribution >= 0.6 is 0 Å². The van der Waals surface area contributed by atoms with Crippen molar-refractivity contribution in [2.75, 3.05) is 7.11 Å². The van der Waals surface area contributed by atoms with Crippen molar-refractivity contribution in [3.8, 4) is 5.75 Å². The van der Waals surface area contributed by atoms with E-state index in [1.165, 1.54) is 68.0 Å². The number of methoxy groups -OCH3 is 1. The van der Waals surface area contributed by atoms with Gasteiger partial charge in [-0.3, -0.25) is 10.1 Å². The van der Waals surface area contributed by atoms with Gasteiger partial charge in [0.25, 0.3) is 5.69 Å². The van der Waals surface area contributed by atoms with Crippen molar-refractivity contribution >= 4 is 27.8 Å². The fourth-order valence-corrected chi connectivity index (χ4v) is 3.77. The normalized spacial score (nSPS) is 11.4. The number of rotatable bonds is 10. The summed E-state index contributed by atoms with van der Waals surface area (Å²) in [6, 6.07) is 13.2. The molecule has 11 heteroatoms. The molecule has 1 N–H and O–H groups in total. The van der Waals surface area contributed by atoms with Crippen LogP contribution in [0.4, 0.5) is 5.69 Å². The molecule has 33 heavy (non-hydrogen) atoms. The first-order valence-corrected chi connectivity index (χ1v) is 11.0. The van der Waals surface area contributed by atoms with Crippen LogP contribution in [0.5, 0.6) is 5.75 Å². The second kappa shape index (κ2) is 10.6. The monoisotopic (exact) mass is 472 g/mol. The van der Waals surface area contributed by atoms with E-state index >= 15 is 0 Å². The molecule has 0 fully saturated rings. The van der Waals surface area contributed by atoms with Crippen molar-refractivity contribution in [1.29, 1.82) is 0 Å². The fourth-order valence-electron chi connectivity index (χ4n) is 2.77. The molecule has 0 atom stereocenters. The van der Waals surface area contributed by atoms with Crippen molar-refractivity contribution < 1.29 is 32.0 Å². The van der Waals surface area contributed by atoms with Gasteiger partial charge in [0, 0.05) is 23.8 Å². The maximum Gasteiger partial charge on any atom is 0.331 e. The van der Waals surface area contributed by atoms with Gasteiger partial charge in [0.1, 0.15) is 18.1 Å². The largest absolute Gasteiger partial charge is 0.496 e. The number of nitro benzene ring substituents is 1. The highest BCUT2D eigenvalue weighted by molar-refractivity contribution is 7.89. The van der Waals surface area contributed by atoms with Gasteiger partial charge in [0.15, 0.2) is 0 Å². The third-order valence-electron chi connectivity index (χ3n) is 4.46. The molecule has 0 aliphatic carbocycles. The Labute approximate surface area is 189 Å². The van der Waals surface area contributed by atoms with Crippen LogP contribution in [0.1, 0.15) is 16.9 Å². The molecule has 0 saturated heterocycles. The lowest BCUT2D eigenvalue weighted by Gasteiger charge is -2.08. The summed E-state index contributed by atoms with van der Waals surface area (Å²) >= 11 is 0. The van der Waals surface area contributed by atoms with Crippen LogP contribution in [-0.2, 0) is 32.7 Å². The Morgan fingerprint density at radius 1 is 1.18 bits per heavy atom. The zero-order chi connectivity index (χ0) is 23.8. The van der Waals surface area contributed by atoms with Crippen LogP contribution in [0.25, 0.3) is 6.08 Å². The molecule has 2 aromatic carbocycles. The Bertz CT molecular complexity index is 1250. The first-order chi connectivity index (χ1) is 15.8. The molecule has 0 saturated carbocycles. The average molecular weight is 472 g/mol. The summed E-state index contributed by atoms with van der Waals surface area (Å²) in [5.41, 5.74) is 0.779. The smallest absolute Gasteiger partial charge is 0.331 e. The molecule has 0 aliphatic rings. The Morgan fingerprint density at radius 2 is 1.94 bits per heavy atom. The number of benzene rings is 2. The number of nitrogens with zero attached hydrogens (tertiary/aromatic N) is 1. The summed E-state index contributed by atoms with van der Waals surface area (Å²) in [5, 5.41) is 10.9. The number of nitrogens with one attached hydrogen (secondary N) is 1. The number of nitro groups is 1. The van der Waals surface area contributed by atoms with Gasteiger partial charge in [-0.1, -0.05) is 12.1 Å². The molecule has 172 valence electrons. The highest BCUT2D eigenvalue weighted by Crippen LogP contribution is 2.24. The lowest BCUT2D eigenvalue weighted by molar-refractivity contribution is -0.385. The van der Waals surface area contributed by atoms with E-state index in [4.69, 9.17) is 13.9 Å². The number of sulfonamides is 1. The number of ether oxygens (including phenoxy) is 2. The minimum Gasteiger partial charge on any atom is -0.496 e. The van der Waals surface area contributed by atoms with Crippen LogP contribution in [-0.4, -0.2) is 26.4 Å². The van der Waals surface area contributed by atoms with E-state index in [0.717, 1.165) is 0 Å². The highest BCUT2D eigenvalue weighted by atomic mass is 32.2. The molecule has 0 spiro atoms. The molecule has 0 unspecified atom stereocenters. The van der Waals surface area contributed by atoms with Gasteiger partial charge in [-0.25, -0.2) is 17.9 Å². The Balaban J connectivity index is 1.58. The second-order valence-corrected chi connectivity index (χ2v) is 8.43. The first kappa shape index (κ1) is 23.7. The molecule has 1 aromatic heterocycles. The van der Waals surface area contributed by atoms with Crippen molar-refractivity contribution in [2.45, 2.75) is 18.0 Å². The Kier molecular flexibility index (Phi) is 7.59. The van der Waals surface area contributed by atoms with E-state index in [-0.39, 0.29) is 23.7 Å². The molecular weight excluding hydrogens is 452 g/mol. The van der Waals surface area contributed by atoms with Crippen LogP contribution in [0, 0.1) is 10.1 Å². The molecule has 0 aliphatic heterocycles. The molecule has 10 nitrogen and oxygen atoms in total. The van der Waals surface area contributed by atoms with Crippen molar-refractivity contribution in [1.82, 2.24) is 4.72 Å². The lowest BCUT2D eigenvalue weighted by atomic mass is 10.2. The van der Waals surface area contributed by atoms with E-state index in [1.807, 2.05) is 0 Å². The lowest BCUT2D eigenvalue weighted by Crippen LogP contribution is -2.22. The standard InChI is InChI=1S/C22H20N2O8S/c1-30-21-10-7-18(24(26)27)13-17(21)15-32-22(25)11-6-16-4-8-20(9-5-16)33(28,29)23-14-19-3-2-12-31-19/h2-13,23H,14-15H2,1H3/b11-6+. The van der Waals surface area contributed by atoms with Gasteiger partial charge in [-0.2, -0.15) is 0 Å². The quantitative estimate of drug-likeness (QED) is 0.205. The number of carbonyl (C=O) groups excluding carboxylic acids is 1. The van der Waals surface area contributed by atoms with E-state index in [0.29, 0.717) is 22.6 Å². The van der Waals surface area contributed by atoms with E-state index in [1.54, 1.807) is 12.1 Å². The predicted molar refractivity (Wildman–Crippen MR) is 118 cm³/mol. The van der Waals surface area contributed by atoms with Gasteiger partial charge >= 0.3 is 5.97 Å². The van der Waals surface area contributed by atoms with Gasteiger partial charge in [-0.15, -0.1) is 0 Å². The number of hydrogen-bond donors (Lipinski definition) is 1. The number of hydrogen-bond acceptors (Lipinski definition) is 8. The predicted octanol–water partition coefficient (Wildman–Crippen LogP) is 3.43. The zero-order valence-corrected chi connectivity index (χ0v) is 18.3. The summed E-state index contributed by atoms with van der Waals surface area (Å²) in [7, 11) is -2.32. The minimum atomic E-state index is -3.73. The summed E-state index contributed by atoms with van der Waals surface area (Å²) in [4.78, 5) is 22.5. The Hall–Kier alpha value is -3.96. The minimum absolute atomic E-state index is 0.0260. The van der Waals surface area contributed by atoms with Crippen LogP contribution in [0.15, 0.2) is 76.2 Å². The summed E-state index contributed by atoms with van der Waals surface area (Å²) < 4.78 is 42.5. The summed E-state index contributed by atoms with van der Waals surface area (Å²) in [6.07, 6.45) is 4.08. The molecular formula is C22H20N2O8S. The Morgan fingerprint density at radius 3 is 2.58 bits per heavy atom. The highest BCUT2D eigenvalue weighted by Gasteiger charge is 2.14. The third kappa shape index (κ3) is 6.51. The number of non-ortho nitro benzene ring substituents is 1. The molecule has 3 aromatic rings. The van der Waals surface area contributed by atoms with Gasteiger partial charge in [0.05, 0.1) is 29.7 Å². The van der Waals surface area contributed by atoms with E-state index in [9.17, 15) is 23.3 Å². The average Bonchev–Trinajstić information content (AvgIpc) is 3.34. The molecule has 0 bridgehead atoms. The maximum absolute atomic E-state index is 12.3. The van der Waals surface area contributed by atoms with E-state index in [2.05, 4.69) is 4.72 Å². The zero-order valence-electron chi connectivity index (χ0n) is 17.5. The fraction of sp³-hybridized carbons (Fsp3) is 0.136. The van der Waals surface area contributed by atoms with Crippen LogP contribution in [0.2, 0.25) is 0 Å². The van der Waals surface area contributed by atoms with Crippen molar-refractivity contribution in [3.63, 3.8) is 0 Å². The van der Waals surface area contributed by atoms with Crippen LogP contribution < -0.4 is 9.46 Å². The van der Waals surface area contributed by atoms with Gasteiger partial charge in [0.2, 0.25) is 10.0 Å². The van der Waals surface area contributed by atoms with E-state index < -0.39 is 20.9 Å². The summed E-state index contributed by atoms with van der Waals surface area (Å²) in [6.45, 7) is -0.190. The SMILES string of the molecule is COc1ccc([N+](=O)[O-])cc1COC(=O)/C=C/c1ccc(S(=O)(=O)NCc2ccco2)cc1. The molecule has 3 rings (SSSR count). The number of esters is 1. The van der Waals surface area contributed by atoms with Gasteiger partial charge < -0.3 is 13.9 Å². The van der Waals surface area contributed by atoms with Crippen molar-refractivity contribution in [2.24, 2.45) is 0 Å². The third-order valence-corrected chi connectivity index (χ3v) is 5.88. The molecule has 0 radical (unpaired) electrons. The molecule has 1 heterocycles.